The van der Waals surface area contributed by atoms with E-state index in [1.165, 1.54) is 5.56 Å². The summed E-state index contributed by atoms with van der Waals surface area (Å²) in [6.45, 7) is 2.06. The molecule has 1 fully saturated rings. The highest BCUT2D eigenvalue weighted by Gasteiger charge is 2.24. The van der Waals surface area contributed by atoms with Gasteiger partial charge in [0.2, 0.25) is 5.91 Å². The third kappa shape index (κ3) is 4.54. The van der Waals surface area contributed by atoms with E-state index in [1.54, 1.807) is 10.9 Å². The monoisotopic (exact) mass is 388 g/mol. The number of hydrogen-bond acceptors (Lipinski definition) is 3. The van der Waals surface area contributed by atoms with E-state index >= 15 is 0 Å². The first-order valence-electron chi connectivity index (χ1n) is 9.96. The van der Waals surface area contributed by atoms with E-state index in [1.807, 2.05) is 54.6 Å². The van der Waals surface area contributed by atoms with E-state index in [0.29, 0.717) is 11.3 Å². The predicted molar refractivity (Wildman–Crippen MR) is 112 cm³/mol. The quantitative estimate of drug-likeness (QED) is 0.653. The summed E-state index contributed by atoms with van der Waals surface area (Å²) in [5.74, 6) is -0.474. The number of nitrogens with zero attached hydrogens (tertiary/aromatic N) is 2. The Labute approximate surface area is 169 Å². The van der Waals surface area contributed by atoms with E-state index < -0.39 is 0 Å². The summed E-state index contributed by atoms with van der Waals surface area (Å²) in [6.07, 6.45) is 4.69. The Hall–Kier alpha value is -3.41. The van der Waals surface area contributed by atoms with Crippen molar-refractivity contribution >= 4 is 11.8 Å². The molecule has 1 saturated carbocycles. The zero-order valence-corrected chi connectivity index (χ0v) is 16.4. The molecule has 2 N–H and O–H groups in total. The summed E-state index contributed by atoms with van der Waals surface area (Å²) in [5.41, 5.74) is 3.99. The zero-order chi connectivity index (χ0) is 20.2. The van der Waals surface area contributed by atoms with Gasteiger partial charge in [0.1, 0.15) is 5.69 Å². The van der Waals surface area contributed by atoms with Gasteiger partial charge in [0.25, 0.3) is 5.91 Å². The molecule has 6 nitrogen and oxygen atoms in total. The van der Waals surface area contributed by atoms with Gasteiger partial charge in [-0.2, -0.15) is 5.10 Å². The van der Waals surface area contributed by atoms with Crippen molar-refractivity contribution in [3.05, 3.63) is 71.9 Å². The highest BCUT2D eigenvalue weighted by atomic mass is 16.2. The fraction of sp³-hybridized carbons (Fsp3) is 0.261. The zero-order valence-electron chi connectivity index (χ0n) is 16.4. The maximum Gasteiger partial charge on any atom is 0.255 e. The smallest absolute Gasteiger partial charge is 0.255 e. The number of carbonyl (C=O) groups is 2. The molecule has 4 rings (SSSR count). The Morgan fingerprint density at radius 1 is 1.07 bits per heavy atom. The molecule has 0 saturated heterocycles. The van der Waals surface area contributed by atoms with Gasteiger partial charge < -0.3 is 10.6 Å². The summed E-state index contributed by atoms with van der Waals surface area (Å²) >= 11 is 0. The molecular weight excluding hydrogens is 364 g/mol. The predicted octanol–water partition coefficient (Wildman–Crippen LogP) is 3.11. The highest BCUT2D eigenvalue weighted by molar-refractivity contribution is 6.01. The van der Waals surface area contributed by atoms with Crippen LogP contribution in [-0.4, -0.2) is 34.2 Å². The lowest BCUT2D eigenvalue weighted by molar-refractivity contribution is -0.120. The van der Waals surface area contributed by atoms with Crippen LogP contribution >= 0.6 is 0 Å². The SMILES string of the molecule is CCc1ccc(-c2nn(-c3ccccc3)cc2C(=O)NCC(=O)NC2CC2)cc1. The Morgan fingerprint density at radius 2 is 1.79 bits per heavy atom. The number of benzene rings is 2. The highest BCUT2D eigenvalue weighted by Crippen LogP contribution is 2.24. The molecule has 29 heavy (non-hydrogen) atoms. The number of rotatable bonds is 7. The Kier molecular flexibility index (Phi) is 5.42. The van der Waals surface area contributed by atoms with E-state index in [2.05, 4.69) is 22.7 Å². The Balaban J connectivity index is 1.61. The van der Waals surface area contributed by atoms with Gasteiger partial charge in [-0.05, 0) is 37.0 Å². The molecule has 1 aromatic heterocycles. The number of para-hydroxylation sites is 1. The van der Waals surface area contributed by atoms with Crippen LogP contribution in [-0.2, 0) is 11.2 Å². The minimum absolute atomic E-state index is 0.0416. The lowest BCUT2D eigenvalue weighted by Crippen LogP contribution is -2.37. The number of carbonyl (C=O) groups excluding carboxylic acids is 2. The second kappa shape index (κ2) is 8.31. The normalized spacial score (nSPS) is 13.1. The number of hydrogen-bond donors (Lipinski definition) is 2. The summed E-state index contributed by atoms with van der Waals surface area (Å²) < 4.78 is 1.70. The van der Waals surface area contributed by atoms with Crippen molar-refractivity contribution in [3.8, 4) is 16.9 Å². The number of amides is 2. The van der Waals surface area contributed by atoms with Crippen LogP contribution in [0.25, 0.3) is 16.9 Å². The van der Waals surface area contributed by atoms with Crippen LogP contribution in [0.15, 0.2) is 60.8 Å². The van der Waals surface area contributed by atoms with Gasteiger partial charge in [-0.1, -0.05) is 49.4 Å². The third-order valence-corrected chi connectivity index (χ3v) is 4.97. The first-order valence-corrected chi connectivity index (χ1v) is 9.96. The average Bonchev–Trinajstić information content (AvgIpc) is 3.46. The van der Waals surface area contributed by atoms with Crippen LogP contribution in [0.4, 0.5) is 0 Å². The van der Waals surface area contributed by atoms with Crippen molar-refractivity contribution in [2.45, 2.75) is 32.2 Å². The van der Waals surface area contributed by atoms with E-state index in [9.17, 15) is 9.59 Å². The van der Waals surface area contributed by atoms with Gasteiger partial charge in [0.05, 0.1) is 17.8 Å². The summed E-state index contributed by atoms with van der Waals surface area (Å²) in [5, 5.41) is 10.3. The van der Waals surface area contributed by atoms with Crippen LogP contribution < -0.4 is 10.6 Å². The molecule has 6 heteroatoms. The first kappa shape index (κ1) is 18.9. The molecule has 0 unspecified atom stereocenters. The maximum absolute atomic E-state index is 12.9. The summed E-state index contributed by atoms with van der Waals surface area (Å²) in [4.78, 5) is 24.8. The Bertz CT molecular complexity index is 1010. The second-order valence-corrected chi connectivity index (χ2v) is 7.25. The van der Waals surface area contributed by atoms with Gasteiger partial charge >= 0.3 is 0 Å². The summed E-state index contributed by atoms with van der Waals surface area (Å²) in [6, 6.07) is 18.0. The molecule has 1 aliphatic carbocycles. The Morgan fingerprint density at radius 3 is 2.45 bits per heavy atom. The molecule has 2 aromatic carbocycles. The van der Waals surface area contributed by atoms with Crippen molar-refractivity contribution in [2.75, 3.05) is 6.54 Å². The van der Waals surface area contributed by atoms with Gasteiger partial charge in [0.15, 0.2) is 0 Å². The molecule has 1 aliphatic rings. The molecule has 0 atom stereocenters. The van der Waals surface area contributed by atoms with Gasteiger partial charge in [-0.25, -0.2) is 4.68 Å². The van der Waals surface area contributed by atoms with Crippen molar-refractivity contribution in [3.63, 3.8) is 0 Å². The summed E-state index contributed by atoms with van der Waals surface area (Å²) in [7, 11) is 0. The molecule has 0 aliphatic heterocycles. The van der Waals surface area contributed by atoms with E-state index in [0.717, 1.165) is 30.5 Å². The number of nitrogens with one attached hydrogen (secondary N) is 2. The van der Waals surface area contributed by atoms with Crippen LogP contribution in [0, 0.1) is 0 Å². The second-order valence-electron chi connectivity index (χ2n) is 7.25. The van der Waals surface area contributed by atoms with Gasteiger partial charge in [-0.3, -0.25) is 9.59 Å². The molecule has 3 aromatic rings. The lowest BCUT2D eigenvalue weighted by Gasteiger charge is -2.06. The number of aryl methyl sites for hydroxylation is 1. The van der Waals surface area contributed by atoms with Crippen LogP contribution in [0.2, 0.25) is 0 Å². The number of aromatic nitrogens is 2. The van der Waals surface area contributed by atoms with Crippen LogP contribution in [0.5, 0.6) is 0 Å². The molecule has 0 radical (unpaired) electrons. The van der Waals surface area contributed by atoms with Crippen molar-refractivity contribution < 1.29 is 9.59 Å². The fourth-order valence-electron chi connectivity index (χ4n) is 3.13. The molecule has 0 bridgehead atoms. The van der Waals surface area contributed by atoms with Gasteiger partial charge in [-0.15, -0.1) is 0 Å². The minimum atomic E-state index is -0.312. The van der Waals surface area contributed by atoms with Crippen molar-refractivity contribution in [1.29, 1.82) is 0 Å². The molecule has 0 spiro atoms. The maximum atomic E-state index is 12.9. The topological polar surface area (TPSA) is 76.0 Å². The van der Waals surface area contributed by atoms with Crippen molar-refractivity contribution in [2.24, 2.45) is 0 Å². The average molecular weight is 388 g/mol. The first-order chi connectivity index (χ1) is 14.1. The molecule has 2 amide bonds. The standard InChI is InChI=1S/C23H24N4O2/c1-2-16-8-10-17(11-9-16)22-20(15-27(26-22)19-6-4-3-5-7-19)23(29)24-14-21(28)25-18-12-13-18/h3-11,15,18H,2,12-14H2,1H3,(H,24,29)(H,25,28). The van der Waals surface area contributed by atoms with Crippen LogP contribution in [0.1, 0.15) is 35.7 Å². The largest absolute Gasteiger partial charge is 0.352 e. The molecule has 148 valence electrons. The van der Waals surface area contributed by atoms with E-state index in [4.69, 9.17) is 0 Å². The minimum Gasteiger partial charge on any atom is -0.352 e. The fourth-order valence-corrected chi connectivity index (χ4v) is 3.13. The molecular formula is C23H24N4O2. The third-order valence-electron chi connectivity index (χ3n) is 4.97. The van der Waals surface area contributed by atoms with E-state index in [-0.39, 0.29) is 24.4 Å². The van der Waals surface area contributed by atoms with Crippen LogP contribution in [0.3, 0.4) is 0 Å². The molecule has 1 heterocycles. The van der Waals surface area contributed by atoms with Gasteiger partial charge in [0, 0.05) is 17.8 Å². The lowest BCUT2D eigenvalue weighted by atomic mass is 10.0. The van der Waals surface area contributed by atoms with Crippen molar-refractivity contribution in [1.82, 2.24) is 20.4 Å².